The van der Waals surface area contributed by atoms with Crippen molar-refractivity contribution < 1.29 is 9.47 Å². The SMILES string of the molecule is COc1cc(CNC2CCCCCC2)cc(Cl)c1OCc1ccccc1.Cl. The summed E-state index contributed by atoms with van der Waals surface area (Å²) in [5.74, 6) is 1.29. The highest BCUT2D eigenvalue weighted by Gasteiger charge is 2.15. The fraction of sp³-hybridized carbons (Fsp3) is 0.455. The predicted molar refractivity (Wildman–Crippen MR) is 114 cm³/mol. The third kappa shape index (κ3) is 6.60. The van der Waals surface area contributed by atoms with E-state index in [0.717, 1.165) is 17.7 Å². The Morgan fingerprint density at radius 2 is 1.70 bits per heavy atom. The molecule has 0 unspecified atom stereocenters. The van der Waals surface area contributed by atoms with E-state index in [1.165, 1.54) is 38.5 Å². The van der Waals surface area contributed by atoms with Crippen molar-refractivity contribution in [3.63, 3.8) is 0 Å². The van der Waals surface area contributed by atoms with E-state index >= 15 is 0 Å². The molecule has 1 saturated carbocycles. The Labute approximate surface area is 173 Å². The third-order valence-electron chi connectivity index (χ3n) is 4.97. The number of halogens is 2. The largest absolute Gasteiger partial charge is 0.493 e. The number of ether oxygens (including phenoxy) is 2. The lowest BCUT2D eigenvalue weighted by molar-refractivity contribution is 0.284. The van der Waals surface area contributed by atoms with Crippen molar-refractivity contribution in [2.24, 2.45) is 0 Å². The Hall–Kier alpha value is -1.42. The predicted octanol–water partition coefficient (Wildman–Crippen LogP) is 6.16. The van der Waals surface area contributed by atoms with Gasteiger partial charge >= 0.3 is 0 Å². The van der Waals surface area contributed by atoms with Gasteiger partial charge in [0, 0.05) is 12.6 Å². The van der Waals surface area contributed by atoms with Crippen LogP contribution in [-0.2, 0) is 13.2 Å². The minimum Gasteiger partial charge on any atom is -0.493 e. The summed E-state index contributed by atoms with van der Waals surface area (Å²) in [7, 11) is 1.66. The Morgan fingerprint density at radius 1 is 1.00 bits per heavy atom. The first-order valence-electron chi connectivity index (χ1n) is 9.53. The third-order valence-corrected chi connectivity index (χ3v) is 5.25. The Bertz CT molecular complexity index is 686. The molecule has 3 nitrogen and oxygen atoms in total. The van der Waals surface area contributed by atoms with Gasteiger partial charge < -0.3 is 14.8 Å². The zero-order valence-electron chi connectivity index (χ0n) is 15.9. The number of hydrogen-bond donors (Lipinski definition) is 1. The van der Waals surface area contributed by atoms with Crippen molar-refractivity contribution in [1.29, 1.82) is 0 Å². The maximum atomic E-state index is 6.49. The first-order chi connectivity index (χ1) is 12.8. The van der Waals surface area contributed by atoms with E-state index in [-0.39, 0.29) is 12.4 Å². The van der Waals surface area contributed by atoms with Crippen molar-refractivity contribution in [3.05, 3.63) is 58.6 Å². The molecule has 5 heteroatoms. The summed E-state index contributed by atoms with van der Waals surface area (Å²) in [6.45, 7) is 1.27. The number of nitrogens with one attached hydrogen (secondary N) is 1. The van der Waals surface area contributed by atoms with Gasteiger partial charge in [-0.1, -0.05) is 67.6 Å². The van der Waals surface area contributed by atoms with Gasteiger partial charge in [0.15, 0.2) is 11.5 Å². The zero-order chi connectivity index (χ0) is 18.2. The molecular formula is C22H29Cl2NO2. The highest BCUT2D eigenvalue weighted by molar-refractivity contribution is 6.32. The quantitative estimate of drug-likeness (QED) is 0.555. The molecule has 0 bridgehead atoms. The van der Waals surface area contributed by atoms with Crippen molar-refractivity contribution >= 4 is 24.0 Å². The summed E-state index contributed by atoms with van der Waals surface area (Å²) in [6.07, 6.45) is 7.92. The maximum absolute atomic E-state index is 6.49. The van der Waals surface area contributed by atoms with Crippen LogP contribution in [0.25, 0.3) is 0 Å². The van der Waals surface area contributed by atoms with E-state index in [4.69, 9.17) is 21.1 Å². The van der Waals surface area contributed by atoms with Gasteiger partial charge in [-0.05, 0) is 36.1 Å². The van der Waals surface area contributed by atoms with Crippen LogP contribution in [0.3, 0.4) is 0 Å². The second-order valence-electron chi connectivity index (χ2n) is 6.95. The average Bonchev–Trinajstić information content (AvgIpc) is 2.94. The van der Waals surface area contributed by atoms with Crippen molar-refractivity contribution in [3.8, 4) is 11.5 Å². The van der Waals surface area contributed by atoms with Crippen molar-refractivity contribution in [1.82, 2.24) is 5.32 Å². The first kappa shape index (κ1) is 21.9. The second-order valence-corrected chi connectivity index (χ2v) is 7.36. The van der Waals surface area contributed by atoms with E-state index in [0.29, 0.717) is 29.2 Å². The summed E-state index contributed by atoms with van der Waals surface area (Å²) in [4.78, 5) is 0. The molecule has 1 fully saturated rings. The molecule has 0 saturated heterocycles. The van der Waals surface area contributed by atoms with Crippen LogP contribution >= 0.6 is 24.0 Å². The smallest absolute Gasteiger partial charge is 0.180 e. The van der Waals surface area contributed by atoms with Crippen LogP contribution in [0.15, 0.2) is 42.5 Å². The molecule has 0 spiro atoms. The van der Waals surface area contributed by atoms with Gasteiger partial charge in [-0.15, -0.1) is 12.4 Å². The average molecular weight is 410 g/mol. The molecule has 0 aromatic heterocycles. The van der Waals surface area contributed by atoms with Crippen LogP contribution < -0.4 is 14.8 Å². The molecule has 0 heterocycles. The van der Waals surface area contributed by atoms with Gasteiger partial charge in [-0.25, -0.2) is 0 Å². The second kappa shape index (κ2) is 11.4. The van der Waals surface area contributed by atoms with Crippen LogP contribution in [-0.4, -0.2) is 13.2 Å². The van der Waals surface area contributed by atoms with Crippen LogP contribution in [0.5, 0.6) is 11.5 Å². The van der Waals surface area contributed by atoms with E-state index in [1.807, 2.05) is 42.5 Å². The summed E-state index contributed by atoms with van der Waals surface area (Å²) in [5, 5.41) is 4.27. The molecular weight excluding hydrogens is 381 g/mol. The molecule has 0 amide bonds. The lowest BCUT2D eigenvalue weighted by atomic mass is 10.1. The molecule has 1 aliphatic rings. The van der Waals surface area contributed by atoms with E-state index in [1.54, 1.807) is 7.11 Å². The van der Waals surface area contributed by atoms with Gasteiger partial charge in [0.05, 0.1) is 12.1 Å². The Balaban J connectivity index is 0.00000261. The molecule has 0 radical (unpaired) electrons. The molecule has 2 aromatic rings. The van der Waals surface area contributed by atoms with Crippen LogP contribution in [0.4, 0.5) is 0 Å². The summed E-state index contributed by atoms with van der Waals surface area (Å²) in [6, 6.07) is 14.7. The number of rotatable bonds is 7. The molecule has 0 aliphatic heterocycles. The van der Waals surface area contributed by atoms with E-state index in [9.17, 15) is 0 Å². The number of hydrogen-bond acceptors (Lipinski definition) is 3. The number of benzene rings is 2. The molecule has 148 valence electrons. The first-order valence-corrected chi connectivity index (χ1v) is 9.90. The standard InChI is InChI=1S/C22H28ClNO2.ClH/c1-25-21-14-18(15-24-19-11-7-2-3-8-12-19)13-20(23)22(21)26-16-17-9-5-4-6-10-17;/h4-6,9-10,13-14,19,24H,2-3,7-8,11-12,15-16H2,1H3;1H. The van der Waals surface area contributed by atoms with E-state index < -0.39 is 0 Å². The van der Waals surface area contributed by atoms with Crippen LogP contribution in [0.1, 0.15) is 49.7 Å². The minimum atomic E-state index is 0. The normalized spacial score (nSPS) is 14.9. The fourth-order valence-electron chi connectivity index (χ4n) is 3.49. The molecule has 1 aliphatic carbocycles. The topological polar surface area (TPSA) is 30.5 Å². The van der Waals surface area contributed by atoms with Crippen LogP contribution in [0, 0.1) is 0 Å². The highest BCUT2D eigenvalue weighted by atomic mass is 35.5. The summed E-state index contributed by atoms with van der Waals surface area (Å²) in [5.41, 5.74) is 2.23. The monoisotopic (exact) mass is 409 g/mol. The zero-order valence-corrected chi connectivity index (χ0v) is 17.5. The molecule has 0 atom stereocenters. The van der Waals surface area contributed by atoms with Gasteiger partial charge in [-0.2, -0.15) is 0 Å². The molecule has 27 heavy (non-hydrogen) atoms. The molecule has 1 N–H and O–H groups in total. The molecule has 3 rings (SSSR count). The van der Waals surface area contributed by atoms with Crippen LogP contribution in [0.2, 0.25) is 5.02 Å². The van der Waals surface area contributed by atoms with Gasteiger partial charge in [0.1, 0.15) is 6.61 Å². The summed E-state index contributed by atoms with van der Waals surface area (Å²) >= 11 is 6.49. The fourth-order valence-corrected chi connectivity index (χ4v) is 3.78. The van der Waals surface area contributed by atoms with Crippen molar-refractivity contribution in [2.45, 2.75) is 57.7 Å². The van der Waals surface area contributed by atoms with E-state index in [2.05, 4.69) is 5.32 Å². The van der Waals surface area contributed by atoms with Gasteiger partial charge in [0.2, 0.25) is 0 Å². The Morgan fingerprint density at radius 3 is 2.37 bits per heavy atom. The number of methoxy groups -OCH3 is 1. The molecule has 2 aromatic carbocycles. The lowest BCUT2D eigenvalue weighted by Crippen LogP contribution is -2.27. The maximum Gasteiger partial charge on any atom is 0.180 e. The summed E-state index contributed by atoms with van der Waals surface area (Å²) < 4.78 is 11.5. The van der Waals surface area contributed by atoms with Gasteiger partial charge in [-0.3, -0.25) is 0 Å². The highest BCUT2D eigenvalue weighted by Crippen LogP contribution is 2.37. The minimum absolute atomic E-state index is 0. The van der Waals surface area contributed by atoms with Gasteiger partial charge in [0.25, 0.3) is 0 Å². The lowest BCUT2D eigenvalue weighted by Gasteiger charge is -2.18. The Kier molecular flexibility index (Phi) is 9.26. The van der Waals surface area contributed by atoms with Crippen molar-refractivity contribution in [2.75, 3.05) is 7.11 Å².